The van der Waals surface area contributed by atoms with Crippen LogP contribution in [0, 0.1) is 13.8 Å². The minimum atomic E-state index is 0. The first kappa shape index (κ1) is 24.1. The minimum Gasteiger partial charge on any atom is -0.497 e. The van der Waals surface area contributed by atoms with Crippen molar-refractivity contribution in [2.75, 3.05) is 21.3 Å². The van der Waals surface area contributed by atoms with Crippen LogP contribution < -0.4 is 20.1 Å². The molecule has 0 spiro atoms. The molecule has 8 heteroatoms. The number of hydrogen-bond donors (Lipinski definition) is 2. The molecule has 1 heterocycles. The average Bonchev–Trinajstić information content (AvgIpc) is 2.90. The number of aromatic nitrogens is 2. The van der Waals surface area contributed by atoms with Crippen LogP contribution in [0.2, 0.25) is 0 Å². The number of ether oxygens (including phenoxy) is 2. The van der Waals surface area contributed by atoms with E-state index < -0.39 is 0 Å². The highest BCUT2D eigenvalue weighted by Gasteiger charge is 2.14. The van der Waals surface area contributed by atoms with Crippen molar-refractivity contribution in [1.82, 2.24) is 20.4 Å². The van der Waals surface area contributed by atoms with E-state index in [-0.39, 0.29) is 30.0 Å². The highest BCUT2D eigenvalue weighted by Crippen LogP contribution is 2.24. The summed E-state index contributed by atoms with van der Waals surface area (Å²) in [5.41, 5.74) is 4.60. The van der Waals surface area contributed by atoms with Crippen LogP contribution in [0.1, 0.15) is 29.4 Å². The number of rotatable bonds is 7. The van der Waals surface area contributed by atoms with Crippen molar-refractivity contribution in [3.63, 3.8) is 0 Å². The Morgan fingerprint density at radius 3 is 2.50 bits per heavy atom. The van der Waals surface area contributed by atoms with Gasteiger partial charge in [-0.1, -0.05) is 0 Å². The summed E-state index contributed by atoms with van der Waals surface area (Å²) in [7, 11) is 7.05. The fraction of sp³-hybridized carbons (Fsp3) is 0.500. The van der Waals surface area contributed by atoms with Crippen LogP contribution in [0.4, 0.5) is 0 Å². The molecule has 0 aliphatic carbocycles. The zero-order valence-electron chi connectivity index (χ0n) is 17.8. The molecule has 0 aliphatic heterocycles. The third-order valence-corrected chi connectivity index (χ3v) is 4.72. The van der Waals surface area contributed by atoms with Gasteiger partial charge in [-0.25, -0.2) is 0 Å². The van der Waals surface area contributed by atoms with Gasteiger partial charge >= 0.3 is 0 Å². The molecule has 2 N–H and O–H groups in total. The van der Waals surface area contributed by atoms with Crippen LogP contribution in [0.25, 0.3) is 0 Å². The molecule has 156 valence electrons. The SMILES string of the molecule is CN=C(NCc1ccc(OC)cc1OC)NC(C)Cc1c(C)nn(C)c1C.I. The second-order valence-corrected chi connectivity index (χ2v) is 6.63. The maximum absolute atomic E-state index is 5.45. The summed E-state index contributed by atoms with van der Waals surface area (Å²) in [5, 5.41) is 11.3. The van der Waals surface area contributed by atoms with E-state index in [1.165, 1.54) is 11.3 Å². The summed E-state index contributed by atoms with van der Waals surface area (Å²) in [6.45, 7) is 6.90. The van der Waals surface area contributed by atoms with Crippen molar-refractivity contribution >= 4 is 29.9 Å². The first-order valence-corrected chi connectivity index (χ1v) is 9.06. The van der Waals surface area contributed by atoms with Gasteiger partial charge in [0.25, 0.3) is 0 Å². The number of halogens is 1. The van der Waals surface area contributed by atoms with Gasteiger partial charge in [0.15, 0.2) is 5.96 Å². The van der Waals surface area contributed by atoms with Crippen LogP contribution in [0.3, 0.4) is 0 Å². The van der Waals surface area contributed by atoms with Gasteiger partial charge in [-0.3, -0.25) is 9.67 Å². The van der Waals surface area contributed by atoms with Gasteiger partial charge in [0, 0.05) is 44.0 Å². The van der Waals surface area contributed by atoms with E-state index in [9.17, 15) is 0 Å². The Bertz CT molecular complexity index is 804. The molecule has 28 heavy (non-hydrogen) atoms. The Kier molecular flexibility index (Phi) is 9.57. The van der Waals surface area contributed by atoms with E-state index in [0.29, 0.717) is 6.54 Å². The minimum absolute atomic E-state index is 0. The van der Waals surface area contributed by atoms with Gasteiger partial charge in [0.1, 0.15) is 11.5 Å². The maximum atomic E-state index is 5.45. The van der Waals surface area contributed by atoms with Gasteiger partial charge < -0.3 is 20.1 Å². The molecule has 0 fully saturated rings. The van der Waals surface area contributed by atoms with E-state index >= 15 is 0 Å². The summed E-state index contributed by atoms with van der Waals surface area (Å²) < 4.78 is 12.6. The van der Waals surface area contributed by atoms with Crippen molar-refractivity contribution in [1.29, 1.82) is 0 Å². The molecule has 1 aromatic heterocycles. The van der Waals surface area contributed by atoms with Gasteiger partial charge in [-0.15, -0.1) is 24.0 Å². The zero-order chi connectivity index (χ0) is 20.0. The summed E-state index contributed by atoms with van der Waals surface area (Å²) in [4.78, 5) is 4.33. The molecule has 0 saturated heterocycles. The van der Waals surface area contributed by atoms with Crippen molar-refractivity contribution in [2.45, 2.75) is 39.8 Å². The van der Waals surface area contributed by atoms with Crippen LogP contribution >= 0.6 is 24.0 Å². The third-order valence-electron chi connectivity index (χ3n) is 4.72. The summed E-state index contributed by atoms with van der Waals surface area (Å²) in [6.07, 6.45) is 0.887. The molecule has 2 aromatic rings. The molecular weight excluding hydrogens is 469 g/mol. The predicted molar refractivity (Wildman–Crippen MR) is 124 cm³/mol. The van der Waals surface area contributed by atoms with E-state index in [4.69, 9.17) is 9.47 Å². The standard InChI is InChI=1S/C20H31N5O2.HI/c1-13(10-18-14(2)24-25(5)15(18)3)23-20(21-4)22-12-16-8-9-17(26-6)11-19(16)27-7;/h8-9,11,13H,10,12H2,1-7H3,(H2,21,22,23);1H. The second kappa shape index (κ2) is 11.1. The van der Waals surface area contributed by atoms with Crippen LogP contribution in [-0.2, 0) is 20.0 Å². The lowest BCUT2D eigenvalue weighted by Crippen LogP contribution is -2.42. The van der Waals surface area contributed by atoms with E-state index in [1.807, 2.05) is 29.9 Å². The summed E-state index contributed by atoms with van der Waals surface area (Å²) >= 11 is 0. The van der Waals surface area contributed by atoms with Crippen LogP contribution in [-0.4, -0.2) is 43.0 Å². The van der Waals surface area contributed by atoms with Crippen molar-refractivity contribution in [2.24, 2.45) is 12.0 Å². The lowest BCUT2D eigenvalue weighted by atomic mass is 10.1. The fourth-order valence-corrected chi connectivity index (χ4v) is 3.07. The van der Waals surface area contributed by atoms with E-state index in [0.717, 1.165) is 35.1 Å². The molecule has 2 rings (SSSR count). The summed E-state index contributed by atoms with van der Waals surface area (Å²) in [5.74, 6) is 2.31. The topological polar surface area (TPSA) is 72.7 Å². The molecule has 0 amide bonds. The smallest absolute Gasteiger partial charge is 0.191 e. The number of nitrogens with zero attached hydrogens (tertiary/aromatic N) is 3. The number of nitrogens with one attached hydrogen (secondary N) is 2. The number of hydrogen-bond acceptors (Lipinski definition) is 4. The Morgan fingerprint density at radius 2 is 1.96 bits per heavy atom. The molecule has 7 nitrogen and oxygen atoms in total. The van der Waals surface area contributed by atoms with Crippen molar-refractivity contribution < 1.29 is 9.47 Å². The number of aliphatic imine (C=N–C) groups is 1. The molecule has 1 unspecified atom stereocenters. The Hall–Kier alpha value is -1.97. The largest absolute Gasteiger partial charge is 0.497 e. The highest BCUT2D eigenvalue weighted by molar-refractivity contribution is 14.0. The quantitative estimate of drug-likeness (QED) is 0.347. The highest BCUT2D eigenvalue weighted by atomic mass is 127. The van der Waals surface area contributed by atoms with Gasteiger partial charge in [0.05, 0.1) is 19.9 Å². The normalized spacial score (nSPS) is 12.2. The lowest BCUT2D eigenvalue weighted by molar-refractivity contribution is 0.390. The number of guanidine groups is 1. The number of methoxy groups -OCH3 is 2. The van der Waals surface area contributed by atoms with Crippen molar-refractivity contribution in [3.05, 3.63) is 40.7 Å². The van der Waals surface area contributed by atoms with Gasteiger partial charge in [0.2, 0.25) is 0 Å². The predicted octanol–water partition coefficient (Wildman–Crippen LogP) is 2.97. The Labute approximate surface area is 184 Å². The van der Waals surface area contributed by atoms with E-state index in [2.05, 4.69) is 41.5 Å². The molecule has 0 bridgehead atoms. The summed E-state index contributed by atoms with van der Waals surface area (Å²) in [6, 6.07) is 6.01. The monoisotopic (exact) mass is 501 g/mol. The first-order valence-electron chi connectivity index (χ1n) is 9.06. The molecule has 0 aliphatic rings. The lowest BCUT2D eigenvalue weighted by Gasteiger charge is -2.19. The molecule has 0 radical (unpaired) electrons. The Balaban J connectivity index is 0.00000392. The molecule has 1 aromatic carbocycles. The third kappa shape index (κ3) is 6.02. The zero-order valence-corrected chi connectivity index (χ0v) is 20.1. The average molecular weight is 501 g/mol. The fourth-order valence-electron chi connectivity index (χ4n) is 3.07. The number of benzene rings is 1. The van der Waals surface area contributed by atoms with Crippen LogP contribution in [0.15, 0.2) is 23.2 Å². The van der Waals surface area contributed by atoms with E-state index in [1.54, 1.807) is 21.3 Å². The molecular formula is C20H32IN5O2. The molecule has 1 atom stereocenters. The second-order valence-electron chi connectivity index (χ2n) is 6.63. The molecule has 0 saturated carbocycles. The maximum Gasteiger partial charge on any atom is 0.191 e. The van der Waals surface area contributed by atoms with Gasteiger partial charge in [-0.05, 0) is 44.9 Å². The van der Waals surface area contributed by atoms with Crippen molar-refractivity contribution in [3.8, 4) is 11.5 Å². The Morgan fingerprint density at radius 1 is 1.25 bits per heavy atom. The number of aryl methyl sites for hydroxylation is 2. The van der Waals surface area contributed by atoms with Crippen LogP contribution in [0.5, 0.6) is 11.5 Å². The first-order chi connectivity index (χ1) is 12.9. The van der Waals surface area contributed by atoms with Gasteiger partial charge in [-0.2, -0.15) is 5.10 Å².